The van der Waals surface area contributed by atoms with Gasteiger partial charge >= 0.3 is 0 Å². The zero-order valence-corrected chi connectivity index (χ0v) is 10.9. The Morgan fingerprint density at radius 3 is 2.47 bits per heavy atom. The van der Waals surface area contributed by atoms with Crippen LogP contribution < -0.4 is 10.6 Å². The van der Waals surface area contributed by atoms with Crippen LogP contribution in [0, 0.1) is 12.8 Å². The Bertz CT molecular complexity index is 327. The van der Waals surface area contributed by atoms with Gasteiger partial charge in [0.05, 0.1) is 0 Å². The second kappa shape index (κ2) is 6.06. The Morgan fingerprint density at radius 1 is 1.18 bits per heavy atom. The standard InChI is InChI=1S/C15H24N2/c1-13-3-7-15(8-4-13)17(11-2-10-16)12-9-14-5-6-14/h3-4,7-8,14H,2,5-6,9-12,16H2,1H3. The highest BCUT2D eigenvalue weighted by molar-refractivity contribution is 5.47. The third-order valence-corrected chi connectivity index (χ3v) is 3.54. The van der Waals surface area contributed by atoms with Gasteiger partial charge in [0.1, 0.15) is 0 Å². The summed E-state index contributed by atoms with van der Waals surface area (Å²) in [6.07, 6.45) is 5.31. The number of nitrogens with two attached hydrogens (primary N) is 1. The van der Waals surface area contributed by atoms with Crippen LogP contribution in [0.3, 0.4) is 0 Å². The molecule has 0 radical (unpaired) electrons. The molecular weight excluding hydrogens is 208 g/mol. The first kappa shape index (κ1) is 12.4. The van der Waals surface area contributed by atoms with Gasteiger partial charge in [-0.25, -0.2) is 0 Å². The van der Waals surface area contributed by atoms with Crippen LogP contribution in [0.15, 0.2) is 24.3 Å². The molecule has 0 unspecified atom stereocenters. The van der Waals surface area contributed by atoms with Crippen LogP contribution in [0.5, 0.6) is 0 Å². The molecule has 1 aliphatic carbocycles. The minimum Gasteiger partial charge on any atom is -0.371 e. The highest BCUT2D eigenvalue weighted by Gasteiger charge is 2.21. The lowest BCUT2D eigenvalue weighted by Crippen LogP contribution is -2.27. The smallest absolute Gasteiger partial charge is 0.0366 e. The Morgan fingerprint density at radius 2 is 1.88 bits per heavy atom. The van der Waals surface area contributed by atoms with Crippen LogP contribution in [0.25, 0.3) is 0 Å². The first-order valence-electron chi connectivity index (χ1n) is 6.81. The summed E-state index contributed by atoms with van der Waals surface area (Å²) in [7, 11) is 0. The predicted molar refractivity (Wildman–Crippen MR) is 74.4 cm³/mol. The number of aryl methyl sites for hydroxylation is 1. The van der Waals surface area contributed by atoms with E-state index < -0.39 is 0 Å². The molecule has 2 N–H and O–H groups in total. The van der Waals surface area contributed by atoms with E-state index in [2.05, 4.69) is 36.1 Å². The summed E-state index contributed by atoms with van der Waals surface area (Å²) in [6, 6.07) is 8.86. The normalized spacial score (nSPS) is 14.9. The summed E-state index contributed by atoms with van der Waals surface area (Å²) in [5.41, 5.74) is 8.30. The summed E-state index contributed by atoms with van der Waals surface area (Å²) in [6.45, 7) is 5.20. The van der Waals surface area contributed by atoms with Crippen molar-refractivity contribution in [2.24, 2.45) is 11.7 Å². The number of anilines is 1. The van der Waals surface area contributed by atoms with E-state index in [1.807, 2.05) is 0 Å². The lowest BCUT2D eigenvalue weighted by molar-refractivity contribution is 0.659. The average Bonchev–Trinajstić information content (AvgIpc) is 3.15. The minimum absolute atomic E-state index is 0.784. The molecular formula is C15H24N2. The largest absolute Gasteiger partial charge is 0.371 e. The zero-order chi connectivity index (χ0) is 12.1. The van der Waals surface area contributed by atoms with Crippen molar-refractivity contribution >= 4 is 5.69 Å². The maximum absolute atomic E-state index is 5.62. The van der Waals surface area contributed by atoms with Gasteiger partial charge in [-0.15, -0.1) is 0 Å². The van der Waals surface area contributed by atoms with Crippen LogP contribution in [0.4, 0.5) is 5.69 Å². The topological polar surface area (TPSA) is 29.3 Å². The summed E-state index contributed by atoms with van der Waals surface area (Å²) >= 11 is 0. The van der Waals surface area contributed by atoms with Gasteiger partial charge in [0.25, 0.3) is 0 Å². The van der Waals surface area contributed by atoms with Gasteiger partial charge in [-0.05, 0) is 44.4 Å². The second-order valence-electron chi connectivity index (χ2n) is 5.20. The van der Waals surface area contributed by atoms with Gasteiger partial charge in [-0.3, -0.25) is 0 Å². The van der Waals surface area contributed by atoms with Gasteiger partial charge in [0, 0.05) is 18.8 Å². The van der Waals surface area contributed by atoms with Crippen molar-refractivity contribution in [1.29, 1.82) is 0 Å². The lowest BCUT2D eigenvalue weighted by Gasteiger charge is -2.25. The van der Waals surface area contributed by atoms with E-state index in [1.54, 1.807) is 0 Å². The second-order valence-corrected chi connectivity index (χ2v) is 5.20. The fraction of sp³-hybridized carbons (Fsp3) is 0.600. The molecule has 1 aromatic carbocycles. The van der Waals surface area contributed by atoms with Crippen LogP contribution in [0.2, 0.25) is 0 Å². The Balaban J connectivity index is 1.93. The number of hydrogen-bond acceptors (Lipinski definition) is 2. The van der Waals surface area contributed by atoms with E-state index in [9.17, 15) is 0 Å². The van der Waals surface area contributed by atoms with Crippen molar-refractivity contribution in [2.75, 3.05) is 24.5 Å². The molecule has 0 aliphatic heterocycles. The molecule has 1 aromatic rings. The summed E-state index contributed by atoms with van der Waals surface area (Å²) in [5, 5.41) is 0. The molecule has 94 valence electrons. The van der Waals surface area contributed by atoms with Crippen LogP contribution in [-0.2, 0) is 0 Å². The molecule has 2 rings (SSSR count). The molecule has 0 saturated heterocycles. The SMILES string of the molecule is Cc1ccc(N(CCCN)CCC2CC2)cc1. The molecule has 2 heteroatoms. The quantitative estimate of drug-likeness (QED) is 0.783. The van der Waals surface area contributed by atoms with E-state index in [1.165, 1.54) is 37.1 Å². The van der Waals surface area contributed by atoms with Gasteiger partial charge in [-0.2, -0.15) is 0 Å². The lowest BCUT2D eigenvalue weighted by atomic mass is 10.2. The molecule has 0 amide bonds. The molecule has 1 saturated carbocycles. The van der Waals surface area contributed by atoms with Crippen LogP contribution in [-0.4, -0.2) is 19.6 Å². The third kappa shape index (κ3) is 4.04. The van der Waals surface area contributed by atoms with Gasteiger partial charge < -0.3 is 10.6 Å². The van der Waals surface area contributed by atoms with Gasteiger partial charge in [0.15, 0.2) is 0 Å². The number of rotatable bonds is 7. The molecule has 2 nitrogen and oxygen atoms in total. The van der Waals surface area contributed by atoms with Crippen molar-refractivity contribution in [3.63, 3.8) is 0 Å². The highest BCUT2D eigenvalue weighted by Crippen LogP contribution is 2.33. The summed E-state index contributed by atoms with van der Waals surface area (Å²) in [4.78, 5) is 2.49. The Hall–Kier alpha value is -1.02. The Kier molecular flexibility index (Phi) is 4.43. The zero-order valence-electron chi connectivity index (χ0n) is 10.9. The van der Waals surface area contributed by atoms with Crippen molar-refractivity contribution in [2.45, 2.75) is 32.6 Å². The van der Waals surface area contributed by atoms with Crippen LogP contribution in [0.1, 0.15) is 31.2 Å². The number of benzene rings is 1. The van der Waals surface area contributed by atoms with Crippen molar-refractivity contribution < 1.29 is 0 Å². The highest BCUT2D eigenvalue weighted by atomic mass is 15.1. The summed E-state index contributed by atoms with van der Waals surface area (Å²) < 4.78 is 0. The predicted octanol–water partition coefficient (Wildman–Crippen LogP) is 2.95. The molecule has 0 heterocycles. The molecule has 1 aliphatic rings. The molecule has 0 aromatic heterocycles. The van der Waals surface area contributed by atoms with Crippen molar-refractivity contribution in [1.82, 2.24) is 0 Å². The minimum atomic E-state index is 0.784. The van der Waals surface area contributed by atoms with Gasteiger partial charge in [0.2, 0.25) is 0 Å². The molecule has 0 bridgehead atoms. The van der Waals surface area contributed by atoms with Crippen molar-refractivity contribution in [3.8, 4) is 0 Å². The monoisotopic (exact) mass is 232 g/mol. The fourth-order valence-corrected chi connectivity index (χ4v) is 2.15. The average molecular weight is 232 g/mol. The first-order chi connectivity index (χ1) is 8.29. The molecule has 1 fully saturated rings. The van der Waals surface area contributed by atoms with Gasteiger partial charge in [-0.1, -0.05) is 30.5 Å². The maximum Gasteiger partial charge on any atom is 0.0366 e. The molecule has 17 heavy (non-hydrogen) atoms. The third-order valence-electron chi connectivity index (χ3n) is 3.54. The van der Waals surface area contributed by atoms with E-state index >= 15 is 0 Å². The van der Waals surface area contributed by atoms with E-state index in [0.29, 0.717) is 0 Å². The van der Waals surface area contributed by atoms with Crippen molar-refractivity contribution in [3.05, 3.63) is 29.8 Å². The molecule has 0 spiro atoms. The fourth-order valence-electron chi connectivity index (χ4n) is 2.15. The molecule has 0 atom stereocenters. The maximum atomic E-state index is 5.62. The first-order valence-corrected chi connectivity index (χ1v) is 6.81. The Labute approximate surface area is 105 Å². The number of hydrogen-bond donors (Lipinski definition) is 1. The van der Waals surface area contributed by atoms with E-state index in [4.69, 9.17) is 5.73 Å². The number of nitrogens with zero attached hydrogens (tertiary/aromatic N) is 1. The van der Waals surface area contributed by atoms with E-state index in [-0.39, 0.29) is 0 Å². The van der Waals surface area contributed by atoms with E-state index in [0.717, 1.165) is 25.4 Å². The van der Waals surface area contributed by atoms with Crippen LogP contribution >= 0.6 is 0 Å². The summed E-state index contributed by atoms with van der Waals surface area (Å²) in [5.74, 6) is 1.00.